The summed E-state index contributed by atoms with van der Waals surface area (Å²) in [5.41, 5.74) is 0. The molecule has 0 aromatic heterocycles. The highest BCUT2D eigenvalue weighted by Gasteiger charge is 2.38. The van der Waals surface area contributed by atoms with E-state index in [1.807, 2.05) is 6.92 Å². The molecule has 2 N–H and O–H groups in total. The Morgan fingerprint density at radius 1 is 1.38 bits per heavy atom. The average Bonchev–Trinajstić information content (AvgIpc) is 3.18. The molecule has 0 radical (unpaired) electrons. The molecule has 2 rings (SSSR count). The number of nitrogens with one attached hydrogen (secondary N) is 2. The van der Waals surface area contributed by atoms with Crippen molar-refractivity contribution in [2.45, 2.75) is 13.3 Å². The van der Waals surface area contributed by atoms with Gasteiger partial charge in [0, 0.05) is 10.9 Å². The second-order valence-electron chi connectivity index (χ2n) is 5.19. The van der Waals surface area contributed by atoms with Crippen molar-refractivity contribution < 1.29 is 14.3 Å². The summed E-state index contributed by atoms with van der Waals surface area (Å²) in [6, 6.07) is 7.06. The molecule has 2 amide bonds. The zero-order valence-electron chi connectivity index (χ0n) is 11.9. The van der Waals surface area contributed by atoms with Crippen LogP contribution in [0.1, 0.15) is 13.3 Å². The molecule has 114 valence electrons. The predicted octanol–water partition coefficient (Wildman–Crippen LogP) is 1.61. The maximum absolute atomic E-state index is 11.5. The molecule has 6 heteroatoms. The molecular weight excluding hydrogens is 292 g/mol. The van der Waals surface area contributed by atoms with E-state index in [-0.39, 0.29) is 24.3 Å². The third-order valence-corrected chi connectivity index (χ3v) is 3.59. The normalized spacial score (nSPS) is 19.7. The average molecular weight is 311 g/mol. The number of carbonyl (C=O) groups is 2. The van der Waals surface area contributed by atoms with Crippen LogP contribution in [0.2, 0.25) is 5.02 Å². The second kappa shape index (κ2) is 7.31. The Morgan fingerprint density at radius 3 is 2.81 bits per heavy atom. The van der Waals surface area contributed by atoms with Crippen LogP contribution in [-0.2, 0) is 9.59 Å². The number of benzene rings is 1. The molecule has 1 aliphatic carbocycles. The van der Waals surface area contributed by atoms with Gasteiger partial charge in [0.25, 0.3) is 0 Å². The first-order chi connectivity index (χ1) is 10.1. The number of halogens is 1. The quantitative estimate of drug-likeness (QED) is 0.752. The topological polar surface area (TPSA) is 67.4 Å². The van der Waals surface area contributed by atoms with E-state index < -0.39 is 0 Å². The van der Waals surface area contributed by atoms with Gasteiger partial charge in [0.1, 0.15) is 12.4 Å². The van der Waals surface area contributed by atoms with Crippen molar-refractivity contribution in [3.05, 3.63) is 29.3 Å². The van der Waals surface area contributed by atoms with Crippen molar-refractivity contribution in [3.63, 3.8) is 0 Å². The van der Waals surface area contributed by atoms with Gasteiger partial charge >= 0.3 is 0 Å². The largest absolute Gasteiger partial charge is 0.492 e. The lowest BCUT2D eigenvalue weighted by Gasteiger charge is -2.08. The molecule has 0 heterocycles. The summed E-state index contributed by atoms with van der Waals surface area (Å²) in [6.07, 6.45) is 0.918. The van der Waals surface area contributed by atoms with Crippen LogP contribution in [0.15, 0.2) is 24.3 Å². The zero-order valence-corrected chi connectivity index (χ0v) is 12.7. The Balaban J connectivity index is 1.56. The maximum Gasteiger partial charge on any atom is 0.239 e. The van der Waals surface area contributed by atoms with Crippen molar-refractivity contribution in [2.24, 2.45) is 11.8 Å². The number of rotatable bonds is 7. The van der Waals surface area contributed by atoms with Crippen LogP contribution in [0.4, 0.5) is 0 Å². The van der Waals surface area contributed by atoms with Crippen LogP contribution in [0, 0.1) is 11.8 Å². The first kappa shape index (κ1) is 15.6. The highest BCUT2D eigenvalue weighted by molar-refractivity contribution is 6.30. The Labute approximate surface area is 129 Å². The van der Waals surface area contributed by atoms with Crippen LogP contribution in [0.3, 0.4) is 0 Å². The van der Waals surface area contributed by atoms with Crippen molar-refractivity contribution in [3.8, 4) is 5.75 Å². The number of carbonyl (C=O) groups excluding carboxylic acids is 2. The van der Waals surface area contributed by atoms with Crippen molar-refractivity contribution >= 4 is 23.4 Å². The second-order valence-corrected chi connectivity index (χ2v) is 5.63. The van der Waals surface area contributed by atoms with E-state index in [0.29, 0.717) is 29.8 Å². The predicted molar refractivity (Wildman–Crippen MR) is 80.2 cm³/mol. The molecular formula is C15H19ClN2O3. The van der Waals surface area contributed by atoms with Crippen LogP contribution in [-0.4, -0.2) is 31.5 Å². The Kier molecular flexibility index (Phi) is 5.44. The first-order valence-electron chi connectivity index (χ1n) is 6.99. The van der Waals surface area contributed by atoms with Gasteiger partial charge in [-0.1, -0.05) is 24.6 Å². The van der Waals surface area contributed by atoms with Gasteiger partial charge in [0.15, 0.2) is 0 Å². The third-order valence-electron chi connectivity index (χ3n) is 3.36. The van der Waals surface area contributed by atoms with Gasteiger partial charge < -0.3 is 15.4 Å². The summed E-state index contributed by atoms with van der Waals surface area (Å²) >= 11 is 5.83. The molecule has 0 bridgehead atoms. The van der Waals surface area contributed by atoms with Gasteiger partial charge in [0.2, 0.25) is 11.8 Å². The molecule has 0 spiro atoms. The standard InChI is InChI=1S/C15H19ClN2O3/c1-10-7-13(10)15(20)18-9-14(19)17-5-6-21-12-4-2-3-11(16)8-12/h2-4,8,10,13H,5-7,9H2,1H3,(H,17,19)(H,18,20)/t10-,13+/m0/s1. The van der Waals surface area contributed by atoms with Gasteiger partial charge in [-0.2, -0.15) is 0 Å². The smallest absolute Gasteiger partial charge is 0.239 e. The molecule has 1 aromatic rings. The van der Waals surface area contributed by atoms with Crippen LogP contribution < -0.4 is 15.4 Å². The van der Waals surface area contributed by atoms with Crippen LogP contribution in [0.25, 0.3) is 0 Å². The third kappa shape index (κ3) is 5.27. The van der Waals surface area contributed by atoms with E-state index in [1.165, 1.54) is 0 Å². The van der Waals surface area contributed by atoms with E-state index in [0.717, 1.165) is 6.42 Å². The number of amides is 2. The number of hydrogen-bond acceptors (Lipinski definition) is 3. The molecule has 1 aromatic carbocycles. The summed E-state index contributed by atoms with van der Waals surface area (Å²) in [6.45, 7) is 2.76. The molecule has 0 unspecified atom stereocenters. The minimum absolute atomic E-state index is 0.0131. The highest BCUT2D eigenvalue weighted by Crippen LogP contribution is 2.37. The highest BCUT2D eigenvalue weighted by atomic mass is 35.5. The Morgan fingerprint density at radius 2 is 2.14 bits per heavy atom. The SMILES string of the molecule is C[C@H]1C[C@H]1C(=O)NCC(=O)NCCOc1cccc(Cl)c1. The minimum Gasteiger partial charge on any atom is -0.492 e. The lowest BCUT2D eigenvalue weighted by Crippen LogP contribution is -2.39. The Bertz CT molecular complexity index is 521. The van der Waals surface area contributed by atoms with Gasteiger partial charge in [-0.15, -0.1) is 0 Å². The molecule has 1 saturated carbocycles. The Hall–Kier alpha value is -1.75. The maximum atomic E-state index is 11.5. The zero-order chi connectivity index (χ0) is 15.2. The molecule has 0 aliphatic heterocycles. The van der Waals surface area contributed by atoms with E-state index in [4.69, 9.17) is 16.3 Å². The van der Waals surface area contributed by atoms with Crippen molar-refractivity contribution in [1.82, 2.24) is 10.6 Å². The summed E-state index contributed by atoms with van der Waals surface area (Å²) in [5.74, 6) is 0.940. The molecule has 1 aliphatic rings. The lowest BCUT2D eigenvalue weighted by atomic mass is 10.3. The van der Waals surface area contributed by atoms with Gasteiger partial charge in [0.05, 0.1) is 13.1 Å². The summed E-state index contributed by atoms with van der Waals surface area (Å²) in [4.78, 5) is 23.1. The minimum atomic E-state index is -0.216. The fourth-order valence-electron chi connectivity index (χ4n) is 1.96. The molecule has 21 heavy (non-hydrogen) atoms. The fraction of sp³-hybridized carbons (Fsp3) is 0.467. The molecule has 1 fully saturated rings. The molecule has 0 saturated heterocycles. The lowest BCUT2D eigenvalue weighted by molar-refractivity contribution is -0.127. The summed E-state index contributed by atoms with van der Waals surface area (Å²) in [7, 11) is 0. The molecule has 2 atom stereocenters. The van der Waals surface area contributed by atoms with E-state index in [9.17, 15) is 9.59 Å². The summed E-state index contributed by atoms with van der Waals surface area (Å²) < 4.78 is 5.44. The summed E-state index contributed by atoms with van der Waals surface area (Å²) in [5, 5.41) is 5.92. The van der Waals surface area contributed by atoms with Gasteiger partial charge in [-0.3, -0.25) is 9.59 Å². The van der Waals surface area contributed by atoms with E-state index in [2.05, 4.69) is 10.6 Å². The fourth-order valence-corrected chi connectivity index (χ4v) is 2.14. The monoisotopic (exact) mass is 310 g/mol. The van der Waals surface area contributed by atoms with Gasteiger partial charge in [-0.25, -0.2) is 0 Å². The first-order valence-corrected chi connectivity index (χ1v) is 7.37. The molecule has 5 nitrogen and oxygen atoms in total. The van der Waals surface area contributed by atoms with Crippen LogP contribution >= 0.6 is 11.6 Å². The van der Waals surface area contributed by atoms with Crippen molar-refractivity contribution in [1.29, 1.82) is 0 Å². The van der Waals surface area contributed by atoms with Gasteiger partial charge in [-0.05, 0) is 30.5 Å². The van der Waals surface area contributed by atoms with Crippen molar-refractivity contribution in [2.75, 3.05) is 19.7 Å². The van der Waals surface area contributed by atoms with E-state index >= 15 is 0 Å². The number of hydrogen-bond donors (Lipinski definition) is 2. The van der Waals surface area contributed by atoms with E-state index in [1.54, 1.807) is 24.3 Å². The number of ether oxygens (including phenoxy) is 1. The van der Waals surface area contributed by atoms with Crippen LogP contribution in [0.5, 0.6) is 5.75 Å².